The Morgan fingerprint density at radius 1 is 0.912 bits per heavy atom. The molecule has 0 unspecified atom stereocenters. The number of amides is 3. The number of aliphatic hydroxyl groups is 1. The third-order valence-electron chi connectivity index (χ3n) is 5.15. The molecule has 0 heterocycles. The first-order chi connectivity index (χ1) is 16.1. The van der Waals surface area contributed by atoms with Gasteiger partial charge in [-0.1, -0.05) is 24.3 Å². The van der Waals surface area contributed by atoms with Gasteiger partial charge in [0.25, 0.3) is 11.8 Å². The molecule has 0 aliphatic carbocycles. The number of rotatable bonds is 11. The molecule has 0 spiro atoms. The van der Waals surface area contributed by atoms with Gasteiger partial charge >= 0.3 is 0 Å². The number of hydrogen-bond acceptors (Lipinski definition) is 7. The molecule has 0 saturated heterocycles. The van der Waals surface area contributed by atoms with Gasteiger partial charge in [-0.05, 0) is 63.5 Å². The highest BCUT2D eigenvalue weighted by Gasteiger charge is 2.25. The van der Waals surface area contributed by atoms with Crippen LogP contribution in [0.1, 0.15) is 17.3 Å². The molecule has 10 nitrogen and oxygen atoms in total. The van der Waals surface area contributed by atoms with Crippen molar-refractivity contribution in [2.24, 2.45) is 0 Å². The first-order valence-corrected chi connectivity index (χ1v) is 10.9. The summed E-state index contributed by atoms with van der Waals surface area (Å²) in [6.45, 7) is 3.30. The van der Waals surface area contributed by atoms with Crippen LogP contribution in [-0.2, 0) is 9.59 Å². The highest BCUT2D eigenvalue weighted by molar-refractivity contribution is 5.98. The molecule has 2 atom stereocenters. The van der Waals surface area contributed by atoms with Crippen molar-refractivity contribution in [3.63, 3.8) is 0 Å². The summed E-state index contributed by atoms with van der Waals surface area (Å²) in [7, 11) is 5.88. The molecule has 10 heteroatoms. The molecule has 3 amide bonds. The van der Waals surface area contributed by atoms with Gasteiger partial charge in [-0.15, -0.1) is 0 Å². The number of likely N-dealkylation sites (N-methyl/N-ethyl adjacent to an activating group) is 2. The van der Waals surface area contributed by atoms with E-state index in [4.69, 9.17) is 5.21 Å². The number of carbonyl (C=O) groups is 3. The lowest BCUT2D eigenvalue weighted by Gasteiger charge is -2.19. The summed E-state index contributed by atoms with van der Waals surface area (Å²) in [4.78, 5) is 40.3. The van der Waals surface area contributed by atoms with Gasteiger partial charge in [0.1, 0.15) is 6.04 Å². The van der Waals surface area contributed by atoms with E-state index in [-0.39, 0.29) is 5.91 Å². The van der Waals surface area contributed by atoms with Gasteiger partial charge in [0.05, 0.1) is 12.6 Å². The van der Waals surface area contributed by atoms with Gasteiger partial charge in [-0.25, -0.2) is 5.48 Å². The molecule has 2 aromatic carbocycles. The number of benzene rings is 2. The minimum atomic E-state index is -1.28. The van der Waals surface area contributed by atoms with Crippen molar-refractivity contribution in [3.8, 4) is 11.1 Å². The SMILES string of the molecule is C[C@@H](O)[C@H](NC(=O)c1ccc(-c2ccc(NC(=O)CN(C)CCN(C)C)cc2)cc1)C(=O)NO. The number of carbonyl (C=O) groups excluding carboxylic acids is 3. The van der Waals surface area contributed by atoms with Crippen molar-refractivity contribution in [2.75, 3.05) is 46.1 Å². The predicted octanol–water partition coefficient (Wildman–Crippen LogP) is 0.770. The third-order valence-corrected chi connectivity index (χ3v) is 5.15. The summed E-state index contributed by atoms with van der Waals surface area (Å²) in [5, 5.41) is 23.7. The fourth-order valence-electron chi connectivity index (χ4n) is 3.15. The molecular formula is C24H33N5O5. The van der Waals surface area contributed by atoms with Gasteiger partial charge in [-0.3, -0.25) is 24.5 Å². The summed E-state index contributed by atoms with van der Waals surface area (Å²) in [6, 6.07) is 12.8. The Morgan fingerprint density at radius 2 is 1.47 bits per heavy atom. The Morgan fingerprint density at radius 3 is 1.97 bits per heavy atom. The maximum absolute atomic E-state index is 12.4. The fourth-order valence-corrected chi connectivity index (χ4v) is 3.15. The first-order valence-electron chi connectivity index (χ1n) is 10.9. The van der Waals surface area contributed by atoms with Gasteiger partial charge in [0.2, 0.25) is 5.91 Å². The molecule has 0 aliphatic rings. The van der Waals surface area contributed by atoms with Crippen molar-refractivity contribution < 1.29 is 24.7 Å². The quantitative estimate of drug-likeness (QED) is 0.241. The van der Waals surface area contributed by atoms with Crippen LogP contribution in [0.5, 0.6) is 0 Å². The van der Waals surface area contributed by atoms with Crippen molar-refractivity contribution in [1.82, 2.24) is 20.6 Å². The molecule has 34 heavy (non-hydrogen) atoms. The van der Waals surface area contributed by atoms with E-state index >= 15 is 0 Å². The predicted molar refractivity (Wildman–Crippen MR) is 129 cm³/mol. The van der Waals surface area contributed by atoms with Gasteiger partial charge in [0, 0.05) is 24.3 Å². The van der Waals surface area contributed by atoms with Crippen LogP contribution in [0.2, 0.25) is 0 Å². The number of nitrogens with zero attached hydrogens (tertiary/aromatic N) is 2. The summed E-state index contributed by atoms with van der Waals surface area (Å²) in [5.74, 6) is -1.56. The first kappa shape index (κ1) is 26.9. The number of hydrogen-bond donors (Lipinski definition) is 5. The normalized spacial score (nSPS) is 12.8. The minimum absolute atomic E-state index is 0.0882. The maximum atomic E-state index is 12.4. The van der Waals surface area contributed by atoms with Crippen LogP contribution >= 0.6 is 0 Å². The van der Waals surface area contributed by atoms with E-state index in [1.165, 1.54) is 12.4 Å². The second kappa shape index (κ2) is 12.8. The van der Waals surface area contributed by atoms with Crippen LogP contribution in [0.3, 0.4) is 0 Å². The molecule has 0 saturated carbocycles. The van der Waals surface area contributed by atoms with E-state index in [0.717, 1.165) is 24.2 Å². The zero-order valence-electron chi connectivity index (χ0n) is 19.9. The minimum Gasteiger partial charge on any atom is -0.391 e. The molecule has 0 fully saturated rings. The number of nitrogens with one attached hydrogen (secondary N) is 3. The van der Waals surface area contributed by atoms with Gasteiger partial charge in [0.15, 0.2) is 0 Å². The van der Waals surface area contributed by atoms with Crippen LogP contribution < -0.4 is 16.1 Å². The van der Waals surface area contributed by atoms with Crippen molar-refractivity contribution in [1.29, 1.82) is 0 Å². The standard InChI is InChI=1S/C24H33N5O5/c1-16(30)22(24(33)27-34)26-23(32)19-7-5-17(6-8-19)18-9-11-20(12-10-18)25-21(31)15-29(4)14-13-28(2)3/h5-12,16,22,30,34H,13-15H2,1-4H3,(H,25,31)(H,26,32)(H,27,33)/t16-,22+/m1/s1. The molecule has 2 aromatic rings. The number of aliphatic hydroxyl groups excluding tert-OH is 1. The Labute approximate surface area is 199 Å². The number of hydroxylamine groups is 1. The van der Waals surface area contributed by atoms with Crippen molar-refractivity contribution in [2.45, 2.75) is 19.1 Å². The number of anilines is 1. The second-order valence-electron chi connectivity index (χ2n) is 8.41. The van der Waals surface area contributed by atoms with Crippen molar-refractivity contribution in [3.05, 3.63) is 54.1 Å². The smallest absolute Gasteiger partial charge is 0.268 e. The zero-order valence-corrected chi connectivity index (χ0v) is 19.9. The summed E-state index contributed by atoms with van der Waals surface area (Å²) in [5.41, 5.74) is 4.17. The highest BCUT2D eigenvalue weighted by Crippen LogP contribution is 2.22. The van der Waals surface area contributed by atoms with Gasteiger partial charge in [-0.2, -0.15) is 0 Å². The molecule has 184 valence electrons. The van der Waals surface area contributed by atoms with E-state index in [2.05, 4.69) is 15.5 Å². The fraction of sp³-hybridized carbons (Fsp3) is 0.375. The average Bonchev–Trinajstić information content (AvgIpc) is 2.81. The molecule has 0 radical (unpaired) electrons. The van der Waals surface area contributed by atoms with Crippen LogP contribution in [0, 0.1) is 0 Å². The van der Waals surface area contributed by atoms with Crippen LogP contribution in [-0.4, -0.2) is 90.8 Å². The Kier molecular flexibility index (Phi) is 10.1. The monoisotopic (exact) mass is 471 g/mol. The van der Waals surface area contributed by atoms with E-state index in [0.29, 0.717) is 17.8 Å². The largest absolute Gasteiger partial charge is 0.391 e. The second-order valence-corrected chi connectivity index (χ2v) is 8.41. The molecule has 2 rings (SSSR count). The Balaban J connectivity index is 1.96. The van der Waals surface area contributed by atoms with Crippen LogP contribution in [0.4, 0.5) is 5.69 Å². The topological polar surface area (TPSA) is 134 Å². The lowest BCUT2D eigenvalue weighted by Crippen LogP contribution is -2.51. The molecule has 5 N–H and O–H groups in total. The lowest BCUT2D eigenvalue weighted by molar-refractivity contribution is -0.133. The lowest BCUT2D eigenvalue weighted by atomic mass is 10.0. The van der Waals surface area contributed by atoms with Crippen LogP contribution in [0.15, 0.2) is 48.5 Å². The molecule has 0 bridgehead atoms. The van der Waals surface area contributed by atoms with E-state index < -0.39 is 24.0 Å². The summed E-state index contributed by atoms with van der Waals surface area (Å²) < 4.78 is 0. The Hall–Kier alpha value is -3.31. The zero-order chi connectivity index (χ0) is 25.3. The third kappa shape index (κ3) is 8.23. The average molecular weight is 472 g/mol. The van der Waals surface area contributed by atoms with Crippen LogP contribution in [0.25, 0.3) is 11.1 Å². The summed E-state index contributed by atoms with van der Waals surface area (Å²) in [6.07, 6.45) is -1.19. The van der Waals surface area contributed by atoms with Gasteiger partial charge < -0.3 is 20.6 Å². The molecular weight excluding hydrogens is 438 g/mol. The highest BCUT2D eigenvalue weighted by atomic mass is 16.5. The maximum Gasteiger partial charge on any atom is 0.268 e. The Bertz CT molecular complexity index is 961. The molecule has 0 aliphatic heterocycles. The van der Waals surface area contributed by atoms with E-state index in [1.54, 1.807) is 24.3 Å². The van der Waals surface area contributed by atoms with E-state index in [9.17, 15) is 19.5 Å². The summed E-state index contributed by atoms with van der Waals surface area (Å²) >= 11 is 0. The van der Waals surface area contributed by atoms with E-state index in [1.807, 2.05) is 50.3 Å². The van der Waals surface area contributed by atoms with Crippen molar-refractivity contribution >= 4 is 23.4 Å². The molecule has 0 aromatic heterocycles.